The molecule has 2 aromatic rings. The Morgan fingerprint density at radius 2 is 1.78 bits per heavy atom. The van der Waals surface area contributed by atoms with Gasteiger partial charge in [0, 0.05) is 32.7 Å². The highest BCUT2D eigenvalue weighted by atomic mass is 32.2. The van der Waals surface area contributed by atoms with E-state index in [-0.39, 0.29) is 23.3 Å². The summed E-state index contributed by atoms with van der Waals surface area (Å²) in [7, 11) is -3.81. The second-order valence-electron chi connectivity index (χ2n) is 6.15. The van der Waals surface area contributed by atoms with E-state index >= 15 is 0 Å². The van der Waals surface area contributed by atoms with Crippen molar-refractivity contribution < 1.29 is 26.8 Å². The van der Waals surface area contributed by atoms with Crippen LogP contribution >= 0.6 is 0 Å². The molecule has 0 atom stereocenters. The minimum atomic E-state index is -3.81. The van der Waals surface area contributed by atoms with Crippen molar-refractivity contribution in [1.82, 2.24) is 9.21 Å². The largest absolute Gasteiger partial charge is 0.460 e. The van der Waals surface area contributed by atoms with Gasteiger partial charge in [-0.2, -0.15) is 4.31 Å². The van der Waals surface area contributed by atoms with E-state index in [0.29, 0.717) is 32.7 Å². The van der Waals surface area contributed by atoms with Crippen molar-refractivity contribution in [3.8, 4) is 0 Å². The highest BCUT2D eigenvalue weighted by Gasteiger charge is 2.31. The average Bonchev–Trinajstić information content (AvgIpc) is 3.15. The molecule has 1 aliphatic rings. The highest BCUT2D eigenvalue weighted by molar-refractivity contribution is 7.89. The van der Waals surface area contributed by atoms with Crippen LogP contribution in [0.25, 0.3) is 0 Å². The van der Waals surface area contributed by atoms with Crippen molar-refractivity contribution in [2.45, 2.75) is 18.6 Å². The van der Waals surface area contributed by atoms with Crippen LogP contribution in [-0.4, -0.2) is 56.4 Å². The van der Waals surface area contributed by atoms with Gasteiger partial charge >= 0.3 is 5.97 Å². The fourth-order valence-corrected chi connectivity index (χ4v) is 4.21. The van der Waals surface area contributed by atoms with Crippen LogP contribution < -0.4 is 0 Å². The molecule has 1 aliphatic heterocycles. The van der Waals surface area contributed by atoms with Gasteiger partial charge in [-0.25, -0.2) is 17.6 Å². The molecule has 0 unspecified atom stereocenters. The number of hydrogen-bond donors (Lipinski definition) is 0. The molecule has 1 saturated heterocycles. The molecule has 7 nitrogen and oxygen atoms in total. The zero-order chi connectivity index (χ0) is 19.4. The van der Waals surface area contributed by atoms with Gasteiger partial charge in [-0.1, -0.05) is 12.1 Å². The molecular formula is C18H21FN2O5S. The van der Waals surface area contributed by atoms with Gasteiger partial charge < -0.3 is 9.15 Å². The number of nitrogens with zero attached hydrogens (tertiary/aromatic N) is 2. The molecule has 27 heavy (non-hydrogen) atoms. The molecule has 2 heterocycles. The minimum Gasteiger partial charge on any atom is -0.460 e. The van der Waals surface area contributed by atoms with Gasteiger partial charge in [0.2, 0.25) is 10.9 Å². The molecule has 3 rings (SSSR count). The number of benzene rings is 1. The number of carbonyl (C=O) groups is 1. The van der Waals surface area contributed by atoms with E-state index in [4.69, 9.17) is 9.15 Å². The monoisotopic (exact) mass is 396 g/mol. The van der Waals surface area contributed by atoms with Crippen LogP contribution in [0.5, 0.6) is 0 Å². The molecule has 146 valence electrons. The lowest BCUT2D eigenvalue weighted by Crippen LogP contribution is -2.48. The Hall–Kier alpha value is -2.23. The summed E-state index contributed by atoms with van der Waals surface area (Å²) in [5.74, 6) is -1.11. The number of piperazine rings is 1. The quantitative estimate of drug-likeness (QED) is 0.696. The summed E-state index contributed by atoms with van der Waals surface area (Å²) in [6.07, 6.45) is 0. The lowest BCUT2D eigenvalue weighted by Gasteiger charge is -2.33. The van der Waals surface area contributed by atoms with E-state index in [2.05, 4.69) is 4.90 Å². The Morgan fingerprint density at radius 3 is 2.41 bits per heavy atom. The van der Waals surface area contributed by atoms with E-state index < -0.39 is 16.0 Å². The van der Waals surface area contributed by atoms with Gasteiger partial charge in [-0.15, -0.1) is 0 Å². The maximum atomic E-state index is 13.0. The minimum absolute atomic E-state index is 0.134. The van der Waals surface area contributed by atoms with Crippen LogP contribution in [0, 0.1) is 5.82 Å². The van der Waals surface area contributed by atoms with E-state index in [1.807, 2.05) is 0 Å². The molecule has 1 aromatic carbocycles. The zero-order valence-corrected chi connectivity index (χ0v) is 15.7. The standard InChI is InChI=1S/C18H21FN2O5S/c1-2-25-18(22)16-7-8-17(26-16)27(23,24)21-11-9-20(10-12-21)13-14-3-5-15(19)6-4-14/h3-8H,2,9-13H2,1H3. The predicted molar refractivity (Wildman–Crippen MR) is 95.1 cm³/mol. The normalized spacial score (nSPS) is 16.4. The second kappa shape index (κ2) is 8.20. The summed E-state index contributed by atoms with van der Waals surface area (Å²) in [6.45, 7) is 4.16. The van der Waals surface area contributed by atoms with Gasteiger partial charge in [0.15, 0.2) is 0 Å². The van der Waals surface area contributed by atoms with Crippen molar-refractivity contribution in [1.29, 1.82) is 0 Å². The van der Waals surface area contributed by atoms with Crippen LogP contribution in [-0.2, 0) is 21.3 Å². The van der Waals surface area contributed by atoms with Crippen molar-refractivity contribution in [3.05, 3.63) is 53.5 Å². The first-order chi connectivity index (χ1) is 12.9. The van der Waals surface area contributed by atoms with Gasteiger partial charge in [0.25, 0.3) is 10.0 Å². The summed E-state index contributed by atoms with van der Waals surface area (Å²) in [6, 6.07) is 8.83. The second-order valence-corrected chi connectivity index (χ2v) is 8.01. The van der Waals surface area contributed by atoms with E-state index in [9.17, 15) is 17.6 Å². The average molecular weight is 396 g/mol. The molecular weight excluding hydrogens is 375 g/mol. The maximum absolute atomic E-state index is 13.0. The predicted octanol–water partition coefficient (Wildman–Crippen LogP) is 2.10. The number of hydrogen-bond acceptors (Lipinski definition) is 6. The van der Waals surface area contributed by atoms with Crippen LogP contribution in [0.2, 0.25) is 0 Å². The Labute approximate surface area is 157 Å². The Bertz CT molecular complexity index is 887. The number of rotatable bonds is 6. The summed E-state index contributed by atoms with van der Waals surface area (Å²) in [4.78, 5) is 13.7. The van der Waals surface area contributed by atoms with E-state index in [1.165, 1.54) is 28.6 Å². The first-order valence-corrected chi connectivity index (χ1v) is 10.1. The number of furan rings is 1. The molecule has 0 spiro atoms. The van der Waals surface area contributed by atoms with Gasteiger partial charge in [-0.3, -0.25) is 4.90 Å². The number of carbonyl (C=O) groups excluding carboxylic acids is 1. The Kier molecular flexibility index (Phi) is 5.93. The molecule has 0 N–H and O–H groups in total. The lowest BCUT2D eigenvalue weighted by atomic mass is 10.2. The maximum Gasteiger partial charge on any atom is 0.374 e. The third-order valence-corrected chi connectivity index (χ3v) is 6.08. The van der Waals surface area contributed by atoms with Gasteiger partial charge in [0.1, 0.15) is 5.82 Å². The fourth-order valence-electron chi connectivity index (χ4n) is 2.87. The smallest absolute Gasteiger partial charge is 0.374 e. The fraction of sp³-hybridized carbons (Fsp3) is 0.389. The molecule has 1 fully saturated rings. The van der Waals surface area contributed by atoms with Crippen LogP contribution in [0.1, 0.15) is 23.0 Å². The van der Waals surface area contributed by atoms with Gasteiger partial charge in [-0.05, 0) is 36.8 Å². The summed E-state index contributed by atoms with van der Waals surface area (Å²) < 4.78 is 49.7. The third-order valence-electron chi connectivity index (χ3n) is 4.30. The molecule has 0 radical (unpaired) electrons. The van der Waals surface area contributed by atoms with Crippen LogP contribution in [0.4, 0.5) is 4.39 Å². The zero-order valence-electron chi connectivity index (χ0n) is 14.9. The number of halogens is 1. The first-order valence-electron chi connectivity index (χ1n) is 8.64. The van der Waals surface area contributed by atoms with Crippen molar-refractivity contribution in [2.75, 3.05) is 32.8 Å². The Morgan fingerprint density at radius 1 is 1.11 bits per heavy atom. The summed E-state index contributed by atoms with van der Waals surface area (Å²) >= 11 is 0. The topological polar surface area (TPSA) is 80.1 Å². The molecule has 0 bridgehead atoms. The summed E-state index contributed by atoms with van der Waals surface area (Å²) in [5.41, 5.74) is 0.970. The Balaban J connectivity index is 1.61. The van der Waals surface area contributed by atoms with Crippen LogP contribution in [0.3, 0.4) is 0 Å². The lowest BCUT2D eigenvalue weighted by molar-refractivity contribution is 0.0483. The molecule has 9 heteroatoms. The third kappa shape index (κ3) is 4.55. The molecule has 1 aromatic heterocycles. The molecule has 0 saturated carbocycles. The number of sulfonamides is 1. The van der Waals surface area contributed by atoms with Crippen LogP contribution in [0.15, 0.2) is 45.9 Å². The van der Waals surface area contributed by atoms with Crippen molar-refractivity contribution in [3.63, 3.8) is 0 Å². The summed E-state index contributed by atoms with van der Waals surface area (Å²) in [5, 5.41) is -0.266. The highest BCUT2D eigenvalue weighted by Crippen LogP contribution is 2.21. The number of ether oxygens (including phenoxy) is 1. The SMILES string of the molecule is CCOC(=O)c1ccc(S(=O)(=O)N2CCN(Cc3ccc(F)cc3)CC2)o1. The first kappa shape index (κ1) is 19.5. The van der Waals surface area contributed by atoms with Crippen molar-refractivity contribution >= 4 is 16.0 Å². The van der Waals surface area contributed by atoms with E-state index in [1.54, 1.807) is 19.1 Å². The molecule has 0 aliphatic carbocycles. The van der Waals surface area contributed by atoms with E-state index in [0.717, 1.165) is 5.56 Å². The number of esters is 1. The molecule has 0 amide bonds. The van der Waals surface area contributed by atoms with Gasteiger partial charge in [0.05, 0.1) is 6.61 Å². The van der Waals surface area contributed by atoms with Crippen molar-refractivity contribution in [2.24, 2.45) is 0 Å².